The Hall–Kier alpha value is -3.79. The van der Waals surface area contributed by atoms with Crippen LogP contribution in [-0.4, -0.2) is 34.1 Å². The van der Waals surface area contributed by atoms with Crippen LogP contribution in [0, 0.1) is 11.6 Å². The maximum absolute atomic E-state index is 13.2. The molecule has 0 saturated heterocycles. The van der Waals surface area contributed by atoms with Crippen LogP contribution < -0.4 is 10.6 Å². The molecule has 4 rings (SSSR count). The number of hydrogen-bond donors (Lipinski definition) is 2. The standard InChI is InChI=1S/C22H16F2N4O3S/c23-15-8-7-13(10-16(15)24)26-19(29)11-25-20(30)12-32-22-14-4-1-2-5-17(14)27-21(28-22)18-6-3-9-31-18/h1-10H,11-12H2,(H,25,30)(H,26,29). The molecular weight excluding hydrogens is 438 g/mol. The number of fused-ring (bicyclic) bond motifs is 1. The highest BCUT2D eigenvalue weighted by Gasteiger charge is 2.14. The van der Waals surface area contributed by atoms with Crippen LogP contribution >= 0.6 is 11.8 Å². The lowest BCUT2D eigenvalue weighted by molar-refractivity contribution is -0.122. The van der Waals surface area contributed by atoms with E-state index in [2.05, 4.69) is 20.6 Å². The Morgan fingerprint density at radius 1 is 0.969 bits per heavy atom. The minimum atomic E-state index is -1.07. The number of carbonyl (C=O) groups excluding carboxylic acids is 2. The molecule has 0 bridgehead atoms. The van der Waals surface area contributed by atoms with Crippen molar-refractivity contribution in [1.82, 2.24) is 15.3 Å². The Morgan fingerprint density at radius 3 is 2.59 bits per heavy atom. The summed E-state index contributed by atoms with van der Waals surface area (Å²) in [5, 5.41) is 6.26. The summed E-state index contributed by atoms with van der Waals surface area (Å²) in [6, 6.07) is 13.9. The number of furan rings is 1. The smallest absolute Gasteiger partial charge is 0.243 e. The summed E-state index contributed by atoms with van der Waals surface area (Å²) >= 11 is 1.20. The molecule has 0 radical (unpaired) electrons. The van der Waals surface area contributed by atoms with Crippen molar-refractivity contribution in [2.75, 3.05) is 17.6 Å². The molecule has 0 aliphatic carbocycles. The molecule has 2 aromatic carbocycles. The Labute approximate surface area is 185 Å². The molecular formula is C22H16F2N4O3S. The summed E-state index contributed by atoms with van der Waals surface area (Å²) < 4.78 is 31.5. The first kappa shape index (κ1) is 21.4. The molecule has 162 valence electrons. The van der Waals surface area contributed by atoms with Crippen molar-refractivity contribution in [2.45, 2.75) is 5.03 Å². The van der Waals surface area contributed by atoms with Gasteiger partial charge in [-0.15, -0.1) is 0 Å². The first-order chi connectivity index (χ1) is 15.5. The second kappa shape index (κ2) is 9.56. The van der Waals surface area contributed by atoms with E-state index < -0.39 is 23.4 Å². The van der Waals surface area contributed by atoms with Crippen molar-refractivity contribution >= 4 is 40.2 Å². The van der Waals surface area contributed by atoms with Crippen LogP contribution in [0.25, 0.3) is 22.5 Å². The number of amides is 2. The van der Waals surface area contributed by atoms with E-state index in [4.69, 9.17) is 4.42 Å². The molecule has 7 nitrogen and oxygen atoms in total. The summed E-state index contributed by atoms with van der Waals surface area (Å²) in [6.07, 6.45) is 1.53. The molecule has 32 heavy (non-hydrogen) atoms. The number of hydrogen-bond acceptors (Lipinski definition) is 6. The van der Waals surface area contributed by atoms with Crippen LogP contribution in [0.2, 0.25) is 0 Å². The fraction of sp³-hybridized carbons (Fsp3) is 0.0909. The number of para-hydroxylation sites is 1. The maximum atomic E-state index is 13.2. The number of rotatable bonds is 7. The van der Waals surface area contributed by atoms with Gasteiger partial charge in [-0.25, -0.2) is 18.7 Å². The average Bonchev–Trinajstić information content (AvgIpc) is 3.33. The highest BCUT2D eigenvalue weighted by molar-refractivity contribution is 8.00. The maximum Gasteiger partial charge on any atom is 0.243 e. The van der Waals surface area contributed by atoms with Gasteiger partial charge in [-0.1, -0.05) is 30.0 Å². The second-order valence-electron chi connectivity index (χ2n) is 6.59. The lowest BCUT2D eigenvalue weighted by Gasteiger charge is -2.09. The second-order valence-corrected chi connectivity index (χ2v) is 7.55. The van der Waals surface area contributed by atoms with E-state index in [0.29, 0.717) is 22.1 Å². The van der Waals surface area contributed by atoms with Crippen LogP contribution in [0.15, 0.2) is 70.3 Å². The summed E-state index contributed by atoms with van der Waals surface area (Å²) in [5.41, 5.74) is 0.804. The van der Waals surface area contributed by atoms with Crippen LogP contribution in [0.3, 0.4) is 0 Å². The van der Waals surface area contributed by atoms with Gasteiger partial charge in [0.15, 0.2) is 23.2 Å². The number of halogens is 2. The van der Waals surface area contributed by atoms with Gasteiger partial charge >= 0.3 is 0 Å². The number of anilines is 1. The summed E-state index contributed by atoms with van der Waals surface area (Å²) in [5.74, 6) is -2.12. The molecule has 2 heterocycles. The van der Waals surface area contributed by atoms with E-state index >= 15 is 0 Å². The molecule has 0 aliphatic heterocycles. The highest BCUT2D eigenvalue weighted by Crippen LogP contribution is 2.28. The van der Waals surface area contributed by atoms with Crippen molar-refractivity contribution in [3.63, 3.8) is 0 Å². The van der Waals surface area contributed by atoms with Crippen LogP contribution in [0.1, 0.15) is 0 Å². The zero-order chi connectivity index (χ0) is 22.5. The van der Waals surface area contributed by atoms with Crippen LogP contribution in [-0.2, 0) is 9.59 Å². The van der Waals surface area contributed by atoms with Gasteiger partial charge in [-0.05, 0) is 30.3 Å². The molecule has 4 aromatic rings. The zero-order valence-electron chi connectivity index (χ0n) is 16.5. The minimum Gasteiger partial charge on any atom is -0.461 e. The Bertz CT molecular complexity index is 1280. The molecule has 10 heteroatoms. The lowest BCUT2D eigenvalue weighted by atomic mass is 10.2. The largest absolute Gasteiger partial charge is 0.461 e. The fourth-order valence-corrected chi connectivity index (χ4v) is 3.67. The Balaban J connectivity index is 1.37. The number of aromatic nitrogens is 2. The van der Waals surface area contributed by atoms with E-state index in [0.717, 1.165) is 17.5 Å². The van der Waals surface area contributed by atoms with Crippen molar-refractivity contribution in [3.05, 3.63) is 72.5 Å². The van der Waals surface area contributed by atoms with Gasteiger partial charge in [0.25, 0.3) is 0 Å². The lowest BCUT2D eigenvalue weighted by Crippen LogP contribution is -2.33. The third-order valence-electron chi connectivity index (χ3n) is 4.30. The van der Waals surface area contributed by atoms with Gasteiger partial charge in [-0.2, -0.15) is 0 Å². The first-order valence-electron chi connectivity index (χ1n) is 9.44. The predicted molar refractivity (Wildman–Crippen MR) is 116 cm³/mol. The number of benzene rings is 2. The SMILES string of the molecule is O=C(CSc1nc(-c2ccco2)nc2ccccc12)NCC(=O)Nc1ccc(F)c(F)c1. The van der Waals surface area contributed by atoms with Crippen molar-refractivity contribution in [3.8, 4) is 11.6 Å². The zero-order valence-corrected chi connectivity index (χ0v) is 17.3. The molecule has 0 fully saturated rings. The molecule has 2 amide bonds. The normalized spacial score (nSPS) is 10.8. The van der Waals surface area contributed by atoms with E-state index in [1.165, 1.54) is 24.1 Å². The molecule has 2 aromatic heterocycles. The van der Waals surface area contributed by atoms with Crippen LogP contribution in [0.5, 0.6) is 0 Å². The summed E-state index contributed by atoms with van der Waals surface area (Å²) in [6.45, 7) is -0.319. The number of carbonyl (C=O) groups is 2. The molecule has 0 aliphatic rings. The molecule has 0 spiro atoms. The number of nitrogens with zero attached hydrogens (tertiary/aromatic N) is 2. The van der Waals surface area contributed by atoms with Crippen molar-refractivity contribution < 1.29 is 22.8 Å². The Morgan fingerprint density at radius 2 is 1.81 bits per heavy atom. The van der Waals surface area contributed by atoms with Gasteiger partial charge in [0.05, 0.1) is 24.1 Å². The Kier molecular flexibility index (Phi) is 6.41. The van der Waals surface area contributed by atoms with E-state index in [1.807, 2.05) is 24.3 Å². The van der Waals surface area contributed by atoms with Crippen LogP contribution in [0.4, 0.5) is 14.5 Å². The molecule has 0 saturated carbocycles. The minimum absolute atomic E-state index is 0.0110. The van der Waals surface area contributed by atoms with E-state index in [-0.39, 0.29) is 18.0 Å². The predicted octanol–water partition coefficient (Wildman–Crippen LogP) is 4.02. The van der Waals surface area contributed by atoms with E-state index in [1.54, 1.807) is 12.1 Å². The number of thioether (sulfide) groups is 1. The molecule has 2 N–H and O–H groups in total. The fourth-order valence-electron chi connectivity index (χ4n) is 2.82. The van der Waals surface area contributed by atoms with Crippen molar-refractivity contribution in [2.24, 2.45) is 0 Å². The van der Waals surface area contributed by atoms with Gasteiger partial charge in [0.2, 0.25) is 11.8 Å². The first-order valence-corrected chi connectivity index (χ1v) is 10.4. The number of nitrogens with one attached hydrogen (secondary N) is 2. The molecule has 0 atom stereocenters. The van der Waals surface area contributed by atoms with Crippen molar-refractivity contribution in [1.29, 1.82) is 0 Å². The summed E-state index contributed by atoms with van der Waals surface area (Å²) in [4.78, 5) is 33.2. The quantitative estimate of drug-likeness (QED) is 0.324. The highest BCUT2D eigenvalue weighted by atomic mass is 32.2. The monoisotopic (exact) mass is 454 g/mol. The molecule has 0 unspecified atom stereocenters. The van der Waals surface area contributed by atoms with E-state index in [9.17, 15) is 18.4 Å². The van der Waals surface area contributed by atoms with Gasteiger partial charge < -0.3 is 15.1 Å². The van der Waals surface area contributed by atoms with Gasteiger partial charge in [-0.3, -0.25) is 9.59 Å². The third kappa shape index (κ3) is 5.09. The van der Waals surface area contributed by atoms with Gasteiger partial charge in [0.1, 0.15) is 5.03 Å². The third-order valence-corrected chi connectivity index (χ3v) is 5.29. The van der Waals surface area contributed by atoms with Gasteiger partial charge in [0, 0.05) is 17.1 Å². The summed E-state index contributed by atoms with van der Waals surface area (Å²) in [7, 11) is 0. The topological polar surface area (TPSA) is 97.1 Å². The average molecular weight is 454 g/mol.